The molecular formula is C13H15N5O2. The van der Waals surface area contributed by atoms with Crippen molar-refractivity contribution in [3.63, 3.8) is 0 Å². The number of benzene rings is 1. The molecule has 0 saturated heterocycles. The molecule has 7 nitrogen and oxygen atoms in total. The summed E-state index contributed by atoms with van der Waals surface area (Å²) in [6.45, 7) is 1.46. The van der Waals surface area contributed by atoms with Gasteiger partial charge in [-0.25, -0.2) is 9.48 Å². The van der Waals surface area contributed by atoms with Crippen LogP contribution in [-0.2, 0) is 20.0 Å². The fraction of sp³-hybridized carbons (Fsp3) is 0.385. The summed E-state index contributed by atoms with van der Waals surface area (Å²) in [5.41, 5.74) is 2.27. The van der Waals surface area contributed by atoms with Crippen molar-refractivity contribution >= 4 is 11.7 Å². The number of hydrogen-bond acceptors (Lipinski definition) is 5. The number of aromatic nitrogens is 4. The van der Waals surface area contributed by atoms with E-state index in [1.165, 1.54) is 0 Å². The highest BCUT2D eigenvalue weighted by Gasteiger charge is 2.23. The summed E-state index contributed by atoms with van der Waals surface area (Å²) < 4.78 is 1.63. The Labute approximate surface area is 115 Å². The molecule has 0 amide bonds. The fourth-order valence-corrected chi connectivity index (χ4v) is 2.62. The second-order valence-electron chi connectivity index (χ2n) is 4.85. The largest absolute Gasteiger partial charge is 0.478 e. The molecule has 0 aliphatic carbocycles. The second-order valence-corrected chi connectivity index (χ2v) is 4.85. The van der Waals surface area contributed by atoms with E-state index in [2.05, 4.69) is 20.4 Å². The molecule has 0 spiro atoms. The van der Waals surface area contributed by atoms with Crippen molar-refractivity contribution in [3.8, 4) is 0 Å². The van der Waals surface area contributed by atoms with E-state index in [4.69, 9.17) is 0 Å². The van der Waals surface area contributed by atoms with Crippen LogP contribution in [0.1, 0.15) is 28.2 Å². The smallest absolute Gasteiger partial charge is 0.336 e. The molecule has 0 fully saturated rings. The zero-order valence-corrected chi connectivity index (χ0v) is 11.2. The quantitative estimate of drug-likeness (QED) is 0.893. The Morgan fingerprint density at radius 3 is 3.00 bits per heavy atom. The molecule has 7 heteroatoms. The van der Waals surface area contributed by atoms with Crippen LogP contribution >= 0.6 is 0 Å². The van der Waals surface area contributed by atoms with E-state index in [-0.39, 0.29) is 0 Å². The Bertz CT molecular complexity index is 652. The SMILES string of the molecule is Cn1nnnc1CN1CCCc2c(C(=O)O)cccc21. The van der Waals surface area contributed by atoms with Gasteiger partial charge in [-0.1, -0.05) is 6.07 Å². The van der Waals surface area contributed by atoms with Crippen molar-refractivity contribution < 1.29 is 9.90 Å². The van der Waals surface area contributed by atoms with Crippen molar-refractivity contribution in [1.82, 2.24) is 20.2 Å². The van der Waals surface area contributed by atoms with Gasteiger partial charge < -0.3 is 10.0 Å². The Balaban J connectivity index is 1.96. The molecule has 1 aliphatic heterocycles. The first-order chi connectivity index (χ1) is 9.66. The van der Waals surface area contributed by atoms with Gasteiger partial charge in [0.15, 0.2) is 5.82 Å². The van der Waals surface area contributed by atoms with E-state index in [1.807, 2.05) is 6.07 Å². The number of nitrogens with zero attached hydrogens (tertiary/aromatic N) is 5. The molecule has 0 unspecified atom stereocenters. The third-order valence-corrected chi connectivity index (χ3v) is 3.62. The first kappa shape index (κ1) is 12.6. The predicted octanol–water partition coefficient (Wildman–Crippen LogP) is 0.861. The van der Waals surface area contributed by atoms with Gasteiger partial charge in [0.1, 0.15) is 0 Å². The predicted molar refractivity (Wildman–Crippen MR) is 71.6 cm³/mol. The molecule has 20 heavy (non-hydrogen) atoms. The molecule has 1 aliphatic rings. The molecule has 104 valence electrons. The number of tetrazole rings is 1. The zero-order chi connectivity index (χ0) is 14.1. The van der Waals surface area contributed by atoms with Crippen LogP contribution in [0.3, 0.4) is 0 Å². The van der Waals surface area contributed by atoms with Crippen LogP contribution in [0.5, 0.6) is 0 Å². The summed E-state index contributed by atoms with van der Waals surface area (Å²) in [4.78, 5) is 13.4. The van der Waals surface area contributed by atoms with Crippen molar-refractivity contribution in [2.45, 2.75) is 19.4 Å². The van der Waals surface area contributed by atoms with Crippen molar-refractivity contribution in [2.75, 3.05) is 11.4 Å². The summed E-state index contributed by atoms with van der Waals surface area (Å²) in [7, 11) is 1.80. The van der Waals surface area contributed by atoms with Crippen LogP contribution in [-0.4, -0.2) is 37.8 Å². The lowest BCUT2D eigenvalue weighted by Gasteiger charge is -2.31. The summed E-state index contributed by atoms with van der Waals surface area (Å²) in [6, 6.07) is 5.41. The van der Waals surface area contributed by atoms with Gasteiger partial charge in [-0.2, -0.15) is 0 Å². The highest BCUT2D eigenvalue weighted by atomic mass is 16.4. The molecule has 0 atom stereocenters. The first-order valence-electron chi connectivity index (χ1n) is 6.48. The van der Waals surface area contributed by atoms with Crippen LogP contribution in [0.2, 0.25) is 0 Å². The fourth-order valence-electron chi connectivity index (χ4n) is 2.62. The lowest BCUT2D eigenvalue weighted by Crippen LogP contribution is -2.31. The Hall–Kier alpha value is -2.44. The van der Waals surface area contributed by atoms with E-state index in [1.54, 1.807) is 23.9 Å². The van der Waals surface area contributed by atoms with Gasteiger partial charge in [0, 0.05) is 19.3 Å². The number of fused-ring (bicyclic) bond motifs is 1. The van der Waals surface area contributed by atoms with E-state index >= 15 is 0 Å². The Morgan fingerprint density at radius 2 is 2.30 bits per heavy atom. The molecule has 0 radical (unpaired) electrons. The minimum absolute atomic E-state index is 0.392. The number of anilines is 1. The number of aryl methyl sites for hydroxylation is 1. The van der Waals surface area contributed by atoms with Gasteiger partial charge in [-0.05, 0) is 41.0 Å². The number of carbonyl (C=O) groups is 1. The highest BCUT2D eigenvalue weighted by molar-refractivity contribution is 5.91. The topological polar surface area (TPSA) is 84.1 Å². The molecule has 1 aromatic heterocycles. The number of hydrogen-bond donors (Lipinski definition) is 1. The van der Waals surface area contributed by atoms with E-state index < -0.39 is 5.97 Å². The highest BCUT2D eigenvalue weighted by Crippen LogP contribution is 2.30. The van der Waals surface area contributed by atoms with Crippen LogP contribution in [0.15, 0.2) is 18.2 Å². The minimum Gasteiger partial charge on any atom is -0.478 e. The molecule has 2 heterocycles. The van der Waals surface area contributed by atoms with Crippen molar-refractivity contribution in [1.29, 1.82) is 0 Å². The Morgan fingerprint density at radius 1 is 1.45 bits per heavy atom. The molecular weight excluding hydrogens is 258 g/mol. The van der Waals surface area contributed by atoms with E-state index in [0.717, 1.165) is 36.5 Å². The van der Waals surface area contributed by atoms with Crippen LogP contribution < -0.4 is 4.90 Å². The minimum atomic E-state index is -0.871. The average Bonchev–Trinajstić information content (AvgIpc) is 2.84. The van der Waals surface area contributed by atoms with Gasteiger partial charge in [-0.3, -0.25) is 0 Å². The molecule has 1 N–H and O–H groups in total. The Kier molecular flexibility index (Phi) is 3.09. The maximum Gasteiger partial charge on any atom is 0.336 e. The standard InChI is InChI=1S/C13H15N5O2/c1-17-12(14-15-16-17)8-18-7-3-5-9-10(13(19)20)4-2-6-11(9)18/h2,4,6H,3,5,7-8H2,1H3,(H,19,20). The normalized spacial score (nSPS) is 14.2. The van der Waals surface area contributed by atoms with E-state index in [9.17, 15) is 9.90 Å². The molecule has 0 bridgehead atoms. The molecule has 1 aromatic carbocycles. The molecule has 2 aromatic rings. The number of aromatic carboxylic acids is 1. The maximum atomic E-state index is 11.3. The lowest BCUT2D eigenvalue weighted by molar-refractivity contribution is 0.0695. The summed E-state index contributed by atoms with van der Waals surface area (Å²) in [5.74, 6) is -0.109. The number of rotatable bonds is 3. The maximum absolute atomic E-state index is 11.3. The number of carboxylic acid groups (broad SMARTS) is 1. The van der Waals surface area contributed by atoms with Gasteiger partial charge in [0.25, 0.3) is 0 Å². The van der Waals surface area contributed by atoms with Crippen LogP contribution in [0.25, 0.3) is 0 Å². The summed E-state index contributed by atoms with van der Waals surface area (Å²) >= 11 is 0. The third-order valence-electron chi connectivity index (χ3n) is 3.62. The molecule has 3 rings (SSSR count). The number of carboxylic acids is 1. The zero-order valence-electron chi connectivity index (χ0n) is 11.2. The van der Waals surface area contributed by atoms with Gasteiger partial charge in [-0.15, -0.1) is 5.10 Å². The average molecular weight is 273 g/mol. The van der Waals surface area contributed by atoms with E-state index in [0.29, 0.717) is 12.1 Å². The van der Waals surface area contributed by atoms with Gasteiger partial charge in [0.05, 0.1) is 12.1 Å². The van der Waals surface area contributed by atoms with Crippen molar-refractivity contribution in [3.05, 3.63) is 35.2 Å². The first-order valence-corrected chi connectivity index (χ1v) is 6.48. The molecule has 0 saturated carbocycles. The third kappa shape index (κ3) is 2.11. The lowest BCUT2D eigenvalue weighted by atomic mass is 9.96. The van der Waals surface area contributed by atoms with Crippen LogP contribution in [0, 0.1) is 0 Å². The van der Waals surface area contributed by atoms with Crippen LogP contribution in [0.4, 0.5) is 5.69 Å². The monoisotopic (exact) mass is 273 g/mol. The van der Waals surface area contributed by atoms with Crippen molar-refractivity contribution in [2.24, 2.45) is 7.05 Å². The van der Waals surface area contributed by atoms with Gasteiger partial charge in [0.2, 0.25) is 0 Å². The summed E-state index contributed by atoms with van der Waals surface area (Å²) in [5, 5.41) is 20.7. The van der Waals surface area contributed by atoms with Gasteiger partial charge >= 0.3 is 5.97 Å². The second kappa shape index (κ2) is 4.92. The summed E-state index contributed by atoms with van der Waals surface area (Å²) in [6.07, 6.45) is 1.73.